The summed E-state index contributed by atoms with van der Waals surface area (Å²) in [4.78, 5) is 25.7. The summed E-state index contributed by atoms with van der Waals surface area (Å²) in [5, 5.41) is 0.643. The van der Waals surface area contributed by atoms with Gasteiger partial charge in [0.05, 0.1) is 17.9 Å². The first kappa shape index (κ1) is 14.6. The molecule has 1 aromatic heterocycles. The fourth-order valence-corrected chi connectivity index (χ4v) is 3.15. The van der Waals surface area contributed by atoms with Gasteiger partial charge in [0.25, 0.3) is 5.91 Å². The monoisotopic (exact) mass is 297 g/mol. The number of nitrogens with zero attached hydrogens (tertiary/aromatic N) is 1. The molecule has 2 rings (SSSR count). The number of anilines is 2. The molecule has 6 nitrogen and oxygen atoms in total. The maximum absolute atomic E-state index is 11.8. The number of ether oxygens (including phenoxy) is 1. The number of hydrogen-bond donors (Lipinski definition) is 2. The van der Waals surface area contributed by atoms with Gasteiger partial charge in [0, 0.05) is 13.6 Å². The Kier molecular flexibility index (Phi) is 4.17. The number of hydrogen-bond acceptors (Lipinski definition) is 6. The maximum Gasteiger partial charge on any atom is 0.350 e. The summed E-state index contributed by atoms with van der Waals surface area (Å²) in [5.41, 5.74) is 11.6. The van der Waals surface area contributed by atoms with Crippen LogP contribution in [-0.2, 0) is 4.74 Å². The molecule has 1 aliphatic carbocycles. The number of thiophene rings is 1. The van der Waals surface area contributed by atoms with Crippen molar-refractivity contribution in [2.24, 2.45) is 11.7 Å². The van der Waals surface area contributed by atoms with Crippen LogP contribution in [0.4, 0.5) is 10.7 Å². The van der Waals surface area contributed by atoms with Gasteiger partial charge in [0.15, 0.2) is 0 Å². The molecule has 4 N–H and O–H groups in total. The van der Waals surface area contributed by atoms with Gasteiger partial charge in [-0.2, -0.15) is 0 Å². The summed E-state index contributed by atoms with van der Waals surface area (Å²) in [6.45, 7) is 2.81. The van der Waals surface area contributed by atoms with Crippen molar-refractivity contribution in [2.45, 2.75) is 19.8 Å². The van der Waals surface area contributed by atoms with Gasteiger partial charge in [-0.25, -0.2) is 4.79 Å². The van der Waals surface area contributed by atoms with Gasteiger partial charge in [0.2, 0.25) is 0 Å². The average Bonchev–Trinajstić information content (AvgIpc) is 3.10. The zero-order valence-corrected chi connectivity index (χ0v) is 12.5. The van der Waals surface area contributed by atoms with Crippen LogP contribution in [0.2, 0.25) is 0 Å². The van der Waals surface area contributed by atoms with Gasteiger partial charge < -0.3 is 21.1 Å². The first-order chi connectivity index (χ1) is 9.45. The Bertz CT molecular complexity index is 537. The first-order valence-corrected chi connectivity index (χ1v) is 7.37. The Labute approximate surface area is 121 Å². The van der Waals surface area contributed by atoms with Crippen LogP contribution in [0.1, 0.15) is 39.8 Å². The van der Waals surface area contributed by atoms with E-state index in [0.29, 0.717) is 10.9 Å². The van der Waals surface area contributed by atoms with Gasteiger partial charge in [-0.3, -0.25) is 4.79 Å². The molecule has 20 heavy (non-hydrogen) atoms. The van der Waals surface area contributed by atoms with Crippen LogP contribution < -0.4 is 16.4 Å². The summed E-state index contributed by atoms with van der Waals surface area (Å²) in [6, 6.07) is 0. The lowest BCUT2D eigenvalue weighted by Gasteiger charge is -2.17. The number of nitrogen functional groups attached to an aromatic ring is 1. The van der Waals surface area contributed by atoms with Crippen LogP contribution >= 0.6 is 11.3 Å². The van der Waals surface area contributed by atoms with Crippen molar-refractivity contribution in [3.63, 3.8) is 0 Å². The van der Waals surface area contributed by atoms with E-state index in [1.165, 1.54) is 24.2 Å². The standard InChI is InChI=1S/C13H19N3O3S/c1-3-19-13(18)10-9(14)8(11(15)17)12(20-10)16(2)6-7-4-5-7/h7H,3-6,14H2,1-2H3,(H2,15,17). The number of carbonyl (C=O) groups excluding carboxylic acids is 2. The zero-order valence-electron chi connectivity index (χ0n) is 11.6. The number of amides is 1. The fraction of sp³-hybridized carbons (Fsp3) is 0.538. The molecule has 0 aromatic carbocycles. The van der Waals surface area contributed by atoms with E-state index in [0.717, 1.165) is 6.54 Å². The topological polar surface area (TPSA) is 98.6 Å². The van der Waals surface area contributed by atoms with Crippen molar-refractivity contribution >= 4 is 33.9 Å². The second-order valence-electron chi connectivity index (χ2n) is 4.93. The molecule has 0 atom stereocenters. The summed E-state index contributed by atoms with van der Waals surface area (Å²) in [6.07, 6.45) is 2.39. The molecule has 1 amide bonds. The molecule has 1 aromatic rings. The number of nitrogens with two attached hydrogens (primary N) is 2. The van der Waals surface area contributed by atoms with E-state index >= 15 is 0 Å². The lowest BCUT2D eigenvalue weighted by molar-refractivity contribution is 0.0533. The zero-order chi connectivity index (χ0) is 14.9. The van der Waals surface area contributed by atoms with Crippen molar-refractivity contribution in [2.75, 3.05) is 30.8 Å². The molecule has 0 bridgehead atoms. The predicted octanol–water partition coefficient (Wildman–Crippen LogP) is 1.45. The van der Waals surface area contributed by atoms with Gasteiger partial charge in [0.1, 0.15) is 9.88 Å². The highest BCUT2D eigenvalue weighted by Gasteiger charge is 2.29. The Balaban J connectivity index is 2.35. The lowest BCUT2D eigenvalue weighted by atomic mass is 10.2. The van der Waals surface area contributed by atoms with Crippen LogP contribution in [-0.4, -0.2) is 32.1 Å². The SMILES string of the molecule is CCOC(=O)c1sc(N(C)CC2CC2)c(C(N)=O)c1N. The van der Waals surface area contributed by atoms with Crippen LogP contribution in [0.25, 0.3) is 0 Å². The Morgan fingerprint density at radius 2 is 2.10 bits per heavy atom. The number of rotatable bonds is 6. The third-order valence-corrected chi connectivity index (χ3v) is 4.51. The number of carbonyl (C=O) groups is 2. The third-order valence-electron chi connectivity index (χ3n) is 3.21. The van der Waals surface area contributed by atoms with E-state index in [2.05, 4.69) is 0 Å². The summed E-state index contributed by atoms with van der Waals surface area (Å²) < 4.78 is 4.95. The molecular weight excluding hydrogens is 278 g/mol. The molecule has 0 unspecified atom stereocenters. The maximum atomic E-state index is 11.8. The molecule has 1 heterocycles. The average molecular weight is 297 g/mol. The number of primary amides is 1. The van der Waals surface area contributed by atoms with Gasteiger partial charge in [-0.15, -0.1) is 11.3 Å². The molecule has 0 spiro atoms. The molecule has 110 valence electrons. The van der Waals surface area contributed by atoms with Crippen molar-refractivity contribution in [3.8, 4) is 0 Å². The first-order valence-electron chi connectivity index (χ1n) is 6.56. The molecule has 0 radical (unpaired) electrons. The minimum Gasteiger partial charge on any atom is -0.462 e. The largest absolute Gasteiger partial charge is 0.462 e. The van der Waals surface area contributed by atoms with Gasteiger partial charge >= 0.3 is 5.97 Å². The highest BCUT2D eigenvalue weighted by molar-refractivity contribution is 7.19. The summed E-state index contributed by atoms with van der Waals surface area (Å²) in [7, 11) is 1.88. The van der Waals surface area contributed by atoms with E-state index in [4.69, 9.17) is 16.2 Å². The number of esters is 1. The second-order valence-corrected chi connectivity index (χ2v) is 5.93. The predicted molar refractivity (Wildman–Crippen MR) is 79.2 cm³/mol. The fourth-order valence-electron chi connectivity index (χ4n) is 2.06. The Morgan fingerprint density at radius 3 is 2.60 bits per heavy atom. The van der Waals surface area contributed by atoms with Gasteiger partial charge in [-0.05, 0) is 25.7 Å². The Morgan fingerprint density at radius 1 is 1.45 bits per heavy atom. The molecule has 1 fully saturated rings. The van der Waals surface area contributed by atoms with E-state index in [1.54, 1.807) is 6.92 Å². The van der Waals surface area contributed by atoms with E-state index in [9.17, 15) is 9.59 Å². The van der Waals surface area contributed by atoms with E-state index in [-0.39, 0.29) is 22.7 Å². The van der Waals surface area contributed by atoms with Crippen molar-refractivity contribution < 1.29 is 14.3 Å². The lowest BCUT2D eigenvalue weighted by Crippen LogP contribution is -2.23. The van der Waals surface area contributed by atoms with E-state index < -0.39 is 11.9 Å². The molecule has 7 heteroatoms. The van der Waals surface area contributed by atoms with Crippen LogP contribution in [0.3, 0.4) is 0 Å². The minimum absolute atomic E-state index is 0.124. The van der Waals surface area contributed by atoms with Crippen LogP contribution in [0, 0.1) is 5.92 Å². The van der Waals surface area contributed by atoms with Gasteiger partial charge in [-0.1, -0.05) is 0 Å². The molecular formula is C13H19N3O3S. The second kappa shape index (κ2) is 5.70. The van der Waals surface area contributed by atoms with E-state index in [1.807, 2.05) is 11.9 Å². The highest BCUT2D eigenvalue weighted by atomic mass is 32.1. The van der Waals surface area contributed by atoms with Crippen molar-refractivity contribution in [3.05, 3.63) is 10.4 Å². The smallest absolute Gasteiger partial charge is 0.350 e. The quantitative estimate of drug-likeness (QED) is 0.774. The molecule has 0 aliphatic heterocycles. The molecule has 1 aliphatic rings. The molecule has 1 saturated carbocycles. The van der Waals surface area contributed by atoms with Crippen LogP contribution in [0.5, 0.6) is 0 Å². The normalized spacial score (nSPS) is 14.1. The molecule has 0 saturated heterocycles. The minimum atomic E-state index is -0.619. The third kappa shape index (κ3) is 2.87. The summed E-state index contributed by atoms with van der Waals surface area (Å²) >= 11 is 1.17. The highest BCUT2D eigenvalue weighted by Crippen LogP contribution is 2.40. The van der Waals surface area contributed by atoms with Crippen molar-refractivity contribution in [1.82, 2.24) is 0 Å². The summed E-state index contributed by atoms with van der Waals surface area (Å²) in [5.74, 6) is -0.481. The van der Waals surface area contributed by atoms with Crippen LogP contribution in [0.15, 0.2) is 0 Å². The Hall–Kier alpha value is -1.76. The van der Waals surface area contributed by atoms with Crippen molar-refractivity contribution in [1.29, 1.82) is 0 Å².